The largest absolute Gasteiger partial charge is 0.355 e. The van der Waals surface area contributed by atoms with E-state index >= 15 is 0 Å². The molecule has 1 fully saturated rings. The zero-order valence-corrected chi connectivity index (χ0v) is 12.3. The summed E-state index contributed by atoms with van der Waals surface area (Å²) >= 11 is 0. The van der Waals surface area contributed by atoms with Gasteiger partial charge in [-0.05, 0) is 45.1 Å². The Hall–Kier alpha value is -1.59. The zero-order chi connectivity index (χ0) is 14.1. The van der Waals surface area contributed by atoms with Crippen molar-refractivity contribution in [1.82, 2.24) is 14.3 Å². The molecule has 1 aliphatic rings. The molecule has 0 bridgehead atoms. The van der Waals surface area contributed by atoms with Crippen molar-refractivity contribution in [2.24, 2.45) is 5.73 Å². The topological polar surface area (TPSA) is 49.8 Å². The summed E-state index contributed by atoms with van der Waals surface area (Å²) in [6, 6.07) is 6.63. The molecule has 5 heteroatoms. The number of nitrogens with zero attached hydrogens (tertiary/aromatic N) is 4. The molecular formula is C15H23N5. The van der Waals surface area contributed by atoms with Crippen LogP contribution in [0.1, 0.15) is 18.5 Å². The summed E-state index contributed by atoms with van der Waals surface area (Å²) in [6.07, 6.45) is 4.41. The van der Waals surface area contributed by atoms with E-state index < -0.39 is 0 Å². The van der Waals surface area contributed by atoms with Crippen molar-refractivity contribution in [3.05, 3.63) is 30.1 Å². The number of nitrogens with two attached hydrogens (primary N) is 1. The van der Waals surface area contributed by atoms with Crippen molar-refractivity contribution >= 4 is 11.5 Å². The number of likely N-dealkylation sites (tertiary alicyclic amines) is 1. The van der Waals surface area contributed by atoms with Gasteiger partial charge < -0.3 is 19.9 Å². The normalized spacial score (nSPS) is 17.8. The van der Waals surface area contributed by atoms with Gasteiger partial charge >= 0.3 is 0 Å². The number of pyridine rings is 1. The number of rotatable bonds is 3. The molecule has 3 rings (SSSR count). The van der Waals surface area contributed by atoms with Gasteiger partial charge in [-0.1, -0.05) is 6.07 Å². The molecule has 20 heavy (non-hydrogen) atoms. The lowest BCUT2D eigenvalue weighted by Crippen LogP contribution is -2.42. The lowest BCUT2D eigenvalue weighted by atomic mass is 10.0. The Morgan fingerprint density at radius 2 is 2.10 bits per heavy atom. The van der Waals surface area contributed by atoms with Crippen LogP contribution in [-0.2, 0) is 6.54 Å². The maximum Gasteiger partial charge on any atom is 0.152 e. The van der Waals surface area contributed by atoms with Gasteiger partial charge in [-0.3, -0.25) is 0 Å². The van der Waals surface area contributed by atoms with Gasteiger partial charge in [-0.2, -0.15) is 0 Å². The molecule has 0 radical (unpaired) electrons. The number of fused-ring (bicyclic) bond motifs is 1. The highest BCUT2D eigenvalue weighted by molar-refractivity contribution is 5.56. The predicted molar refractivity (Wildman–Crippen MR) is 82.0 cm³/mol. The van der Waals surface area contributed by atoms with Crippen molar-refractivity contribution in [2.75, 3.05) is 32.1 Å². The molecule has 0 aliphatic carbocycles. The molecular weight excluding hydrogens is 250 g/mol. The quantitative estimate of drug-likeness (QED) is 0.916. The van der Waals surface area contributed by atoms with E-state index in [2.05, 4.69) is 28.3 Å². The molecule has 2 aromatic rings. The Labute approximate surface area is 120 Å². The third kappa shape index (κ3) is 2.27. The highest BCUT2D eigenvalue weighted by Gasteiger charge is 2.24. The molecule has 2 N–H and O–H groups in total. The van der Waals surface area contributed by atoms with Gasteiger partial charge in [0.2, 0.25) is 0 Å². The first-order valence-corrected chi connectivity index (χ1v) is 7.28. The Kier molecular flexibility index (Phi) is 3.63. The molecule has 0 aromatic carbocycles. The van der Waals surface area contributed by atoms with Crippen molar-refractivity contribution in [3.63, 3.8) is 0 Å². The van der Waals surface area contributed by atoms with Crippen molar-refractivity contribution in [1.29, 1.82) is 0 Å². The van der Waals surface area contributed by atoms with E-state index in [1.807, 2.05) is 24.4 Å². The van der Waals surface area contributed by atoms with Crippen LogP contribution in [0.3, 0.4) is 0 Å². The fraction of sp³-hybridized carbons (Fsp3) is 0.533. The number of piperidine rings is 1. The van der Waals surface area contributed by atoms with Gasteiger partial charge in [0.25, 0.3) is 0 Å². The number of anilines is 1. The standard InChI is InChI=1S/C15H23N5/c1-18-9-6-12(7-10-18)19(2)15-13(11-16)20-8-4-3-5-14(20)17-15/h3-5,8,12H,6-7,9-11,16H2,1-2H3. The van der Waals surface area contributed by atoms with E-state index in [4.69, 9.17) is 10.7 Å². The summed E-state index contributed by atoms with van der Waals surface area (Å²) < 4.78 is 2.10. The Balaban J connectivity index is 1.92. The van der Waals surface area contributed by atoms with Crippen LogP contribution in [0, 0.1) is 0 Å². The Morgan fingerprint density at radius 3 is 2.80 bits per heavy atom. The monoisotopic (exact) mass is 273 g/mol. The van der Waals surface area contributed by atoms with E-state index in [1.54, 1.807) is 0 Å². The molecule has 0 saturated carbocycles. The summed E-state index contributed by atoms with van der Waals surface area (Å²) in [5.41, 5.74) is 8.03. The summed E-state index contributed by atoms with van der Waals surface area (Å²) in [5.74, 6) is 1.04. The second-order valence-corrected chi connectivity index (χ2v) is 5.66. The van der Waals surface area contributed by atoms with Gasteiger partial charge in [0.1, 0.15) is 5.65 Å². The van der Waals surface area contributed by atoms with Gasteiger partial charge in [0.05, 0.1) is 5.69 Å². The van der Waals surface area contributed by atoms with Crippen molar-refractivity contribution < 1.29 is 0 Å². The summed E-state index contributed by atoms with van der Waals surface area (Å²) in [6.45, 7) is 2.82. The number of aromatic nitrogens is 2. The smallest absolute Gasteiger partial charge is 0.152 e. The van der Waals surface area contributed by atoms with Crippen LogP contribution in [0.4, 0.5) is 5.82 Å². The second-order valence-electron chi connectivity index (χ2n) is 5.66. The predicted octanol–water partition coefficient (Wildman–Crippen LogP) is 1.32. The maximum atomic E-state index is 5.95. The minimum Gasteiger partial charge on any atom is -0.355 e. The zero-order valence-electron chi connectivity index (χ0n) is 12.3. The lowest BCUT2D eigenvalue weighted by Gasteiger charge is -2.35. The van der Waals surface area contributed by atoms with Crippen LogP contribution in [0.5, 0.6) is 0 Å². The Morgan fingerprint density at radius 1 is 1.35 bits per heavy atom. The molecule has 0 atom stereocenters. The molecule has 1 saturated heterocycles. The van der Waals surface area contributed by atoms with Crippen LogP contribution in [0.2, 0.25) is 0 Å². The van der Waals surface area contributed by atoms with E-state index in [0.29, 0.717) is 12.6 Å². The highest BCUT2D eigenvalue weighted by Crippen LogP contribution is 2.25. The molecule has 0 unspecified atom stereocenters. The molecule has 1 aliphatic heterocycles. The SMILES string of the molecule is CN1CCC(N(C)c2nc3ccccn3c2CN)CC1. The first-order chi connectivity index (χ1) is 9.70. The average Bonchev–Trinajstić information content (AvgIpc) is 2.85. The van der Waals surface area contributed by atoms with Crippen LogP contribution in [0.15, 0.2) is 24.4 Å². The minimum atomic E-state index is 0.511. The van der Waals surface area contributed by atoms with Gasteiger partial charge in [-0.25, -0.2) is 4.98 Å². The van der Waals surface area contributed by atoms with Gasteiger partial charge in [0.15, 0.2) is 5.82 Å². The number of hydrogen-bond acceptors (Lipinski definition) is 4. The average molecular weight is 273 g/mol. The highest BCUT2D eigenvalue weighted by atomic mass is 15.3. The van der Waals surface area contributed by atoms with Crippen LogP contribution < -0.4 is 10.6 Å². The third-order valence-electron chi connectivity index (χ3n) is 4.37. The minimum absolute atomic E-state index is 0.511. The number of hydrogen-bond donors (Lipinski definition) is 1. The summed E-state index contributed by atoms with van der Waals surface area (Å²) in [7, 11) is 4.34. The van der Waals surface area contributed by atoms with E-state index in [9.17, 15) is 0 Å². The van der Waals surface area contributed by atoms with Crippen molar-refractivity contribution in [2.45, 2.75) is 25.4 Å². The van der Waals surface area contributed by atoms with E-state index in [0.717, 1.165) is 30.2 Å². The van der Waals surface area contributed by atoms with Gasteiger partial charge in [-0.15, -0.1) is 0 Å². The van der Waals surface area contributed by atoms with E-state index in [1.165, 1.54) is 12.8 Å². The first kappa shape index (κ1) is 13.4. The van der Waals surface area contributed by atoms with Crippen LogP contribution in [-0.4, -0.2) is 47.5 Å². The fourth-order valence-electron chi connectivity index (χ4n) is 3.06. The number of imidazole rings is 1. The van der Waals surface area contributed by atoms with Crippen molar-refractivity contribution in [3.8, 4) is 0 Å². The lowest BCUT2D eigenvalue weighted by molar-refractivity contribution is 0.252. The molecule has 108 valence electrons. The fourth-order valence-corrected chi connectivity index (χ4v) is 3.06. The first-order valence-electron chi connectivity index (χ1n) is 7.28. The van der Waals surface area contributed by atoms with Crippen LogP contribution in [0.25, 0.3) is 5.65 Å². The summed E-state index contributed by atoms with van der Waals surface area (Å²) in [5, 5.41) is 0. The second kappa shape index (κ2) is 5.42. The Bertz CT molecular complexity index is 583. The summed E-state index contributed by atoms with van der Waals surface area (Å²) in [4.78, 5) is 9.48. The molecule has 0 spiro atoms. The van der Waals surface area contributed by atoms with Gasteiger partial charge in [0, 0.05) is 25.8 Å². The molecule has 3 heterocycles. The maximum absolute atomic E-state index is 5.95. The molecule has 5 nitrogen and oxygen atoms in total. The van der Waals surface area contributed by atoms with E-state index in [-0.39, 0.29) is 0 Å². The molecule has 2 aromatic heterocycles. The molecule has 0 amide bonds. The van der Waals surface area contributed by atoms with Crippen LogP contribution >= 0.6 is 0 Å². The third-order valence-corrected chi connectivity index (χ3v) is 4.37.